The third kappa shape index (κ3) is 4.41. The summed E-state index contributed by atoms with van der Waals surface area (Å²) >= 11 is 15.5. The van der Waals surface area contributed by atoms with E-state index in [1.54, 1.807) is 18.2 Å². The Bertz CT molecular complexity index is 1110. The Morgan fingerprint density at radius 3 is 2.57 bits per heavy atom. The van der Waals surface area contributed by atoms with Crippen LogP contribution >= 0.6 is 39.1 Å². The van der Waals surface area contributed by atoms with Gasteiger partial charge in [0.05, 0.1) is 10.7 Å². The average molecular weight is 514 g/mol. The Balaban J connectivity index is 2.30. The van der Waals surface area contributed by atoms with E-state index in [9.17, 15) is 14.3 Å². The lowest BCUT2D eigenvalue weighted by Crippen LogP contribution is -2.18. The van der Waals surface area contributed by atoms with Gasteiger partial charge in [-0.2, -0.15) is 0 Å². The molecule has 1 heterocycles. The molecule has 1 aromatic heterocycles. The van der Waals surface area contributed by atoms with E-state index in [4.69, 9.17) is 23.2 Å². The van der Waals surface area contributed by atoms with E-state index in [1.165, 1.54) is 6.07 Å². The molecule has 4 nitrogen and oxygen atoms in total. The van der Waals surface area contributed by atoms with Gasteiger partial charge >= 0.3 is 5.97 Å². The van der Waals surface area contributed by atoms with E-state index in [0.717, 1.165) is 11.1 Å². The van der Waals surface area contributed by atoms with Crippen LogP contribution in [0.25, 0.3) is 0 Å². The highest BCUT2D eigenvalue weighted by atomic mass is 79.9. The van der Waals surface area contributed by atoms with Crippen LogP contribution < -0.4 is 0 Å². The highest BCUT2D eigenvalue weighted by Crippen LogP contribution is 2.38. The summed E-state index contributed by atoms with van der Waals surface area (Å²) in [4.78, 5) is 16.3. The van der Waals surface area contributed by atoms with Crippen LogP contribution in [0.2, 0.25) is 10.0 Å². The van der Waals surface area contributed by atoms with Gasteiger partial charge in [-0.25, -0.2) is 14.2 Å². The maximum atomic E-state index is 14.8. The molecule has 0 radical (unpaired) electrons. The fraction of sp³-hybridized carbons (Fsp3) is 0.273. The first-order valence-corrected chi connectivity index (χ1v) is 10.9. The molecule has 1 unspecified atom stereocenters. The molecule has 2 aromatic carbocycles. The van der Waals surface area contributed by atoms with Crippen molar-refractivity contribution >= 4 is 45.1 Å². The Morgan fingerprint density at radius 2 is 1.97 bits per heavy atom. The van der Waals surface area contributed by atoms with Crippen molar-refractivity contribution < 1.29 is 14.3 Å². The Hall–Kier alpha value is -1.89. The van der Waals surface area contributed by atoms with E-state index >= 15 is 0 Å². The molecule has 3 aromatic rings. The van der Waals surface area contributed by atoms with Gasteiger partial charge in [0.15, 0.2) is 10.4 Å². The number of benzene rings is 2. The number of halogens is 4. The lowest BCUT2D eigenvalue weighted by molar-refractivity contribution is 0.0689. The van der Waals surface area contributed by atoms with Crippen molar-refractivity contribution in [2.75, 3.05) is 0 Å². The fourth-order valence-electron chi connectivity index (χ4n) is 3.71. The first-order valence-electron chi connectivity index (χ1n) is 9.31. The molecule has 1 atom stereocenters. The van der Waals surface area contributed by atoms with Crippen LogP contribution in [-0.4, -0.2) is 20.6 Å². The summed E-state index contributed by atoms with van der Waals surface area (Å²) < 4.78 is 17.0. The fourth-order valence-corrected chi connectivity index (χ4v) is 4.91. The molecule has 8 heteroatoms. The molecule has 1 N–H and O–H groups in total. The maximum absolute atomic E-state index is 14.8. The Morgan fingerprint density at radius 1 is 1.27 bits per heavy atom. The molecule has 0 amide bonds. The second-order valence-electron chi connectivity index (χ2n) is 7.35. The zero-order chi connectivity index (χ0) is 22.2. The molecule has 0 aliphatic heterocycles. The van der Waals surface area contributed by atoms with Crippen LogP contribution in [0.4, 0.5) is 4.39 Å². The van der Waals surface area contributed by atoms with Crippen LogP contribution in [0.15, 0.2) is 41.1 Å². The Kier molecular flexibility index (Phi) is 6.90. The molecule has 0 aliphatic rings. The van der Waals surface area contributed by atoms with E-state index in [0.29, 0.717) is 21.0 Å². The quantitative estimate of drug-likeness (QED) is 0.384. The highest BCUT2D eigenvalue weighted by molar-refractivity contribution is 9.10. The number of carboxylic acids is 1. The lowest BCUT2D eigenvalue weighted by atomic mass is 9.85. The van der Waals surface area contributed by atoms with Crippen molar-refractivity contribution in [3.63, 3.8) is 0 Å². The lowest BCUT2D eigenvalue weighted by Gasteiger charge is -2.24. The predicted molar refractivity (Wildman–Crippen MR) is 120 cm³/mol. The predicted octanol–water partition coefficient (Wildman–Crippen LogP) is 7.05. The number of nitrogens with zero attached hydrogens (tertiary/aromatic N) is 2. The minimum Gasteiger partial charge on any atom is -0.476 e. The van der Waals surface area contributed by atoms with Gasteiger partial charge in [-0.05, 0) is 78.0 Å². The summed E-state index contributed by atoms with van der Waals surface area (Å²) in [6, 6.07) is 10.2. The van der Waals surface area contributed by atoms with Gasteiger partial charge in [0.2, 0.25) is 0 Å². The van der Waals surface area contributed by atoms with Gasteiger partial charge in [-0.1, -0.05) is 41.4 Å². The second kappa shape index (κ2) is 9.08. The number of rotatable bonds is 6. The van der Waals surface area contributed by atoms with Crippen molar-refractivity contribution in [1.29, 1.82) is 0 Å². The van der Waals surface area contributed by atoms with E-state index in [2.05, 4.69) is 20.9 Å². The Labute approximate surface area is 192 Å². The molecule has 0 aliphatic carbocycles. The summed E-state index contributed by atoms with van der Waals surface area (Å²) in [5.74, 6) is -2.14. The summed E-state index contributed by atoms with van der Waals surface area (Å²) in [7, 11) is 0. The monoisotopic (exact) mass is 512 g/mol. The van der Waals surface area contributed by atoms with Crippen molar-refractivity contribution in [2.45, 2.75) is 39.2 Å². The van der Waals surface area contributed by atoms with Gasteiger partial charge in [0.25, 0.3) is 0 Å². The van der Waals surface area contributed by atoms with Crippen LogP contribution in [0, 0.1) is 12.7 Å². The summed E-state index contributed by atoms with van der Waals surface area (Å²) in [5, 5.41) is 10.4. The molecule has 0 spiro atoms. The third-order valence-corrected chi connectivity index (χ3v) is 6.10. The average Bonchev–Trinajstić information content (AvgIpc) is 3.01. The number of hydrogen-bond donors (Lipinski definition) is 1. The van der Waals surface area contributed by atoms with Gasteiger partial charge < -0.3 is 9.67 Å². The smallest absolute Gasteiger partial charge is 0.356 e. The number of aromatic nitrogens is 2. The molecule has 158 valence electrons. The third-order valence-electron chi connectivity index (χ3n) is 5.02. The van der Waals surface area contributed by atoms with Crippen molar-refractivity contribution in [3.05, 3.63) is 85.1 Å². The van der Waals surface area contributed by atoms with E-state index in [1.807, 2.05) is 37.5 Å². The van der Waals surface area contributed by atoms with Crippen LogP contribution in [0.1, 0.15) is 58.7 Å². The van der Waals surface area contributed by atoms with Gasteiger partial charge in [-0.15, -0.1) is 0 Å². The molecule has 0 saturated carbocycles. The normalized spacial score (nSPS) is 12.4. The topological polar surface area (TPSA) is 55.1 Å². The SMILES string of the molecule is Cc1cc(Cl)ccc1C(Cc1cccc(Cl)c1F)c1c(C(=O)O)nc(Br)n1C(C)C. The number of carbonyl (C=O) groups is 1. The number of aryl methyl sites for hydroxylation is 1. The van der Waals surface area contributed by atoms with Crippen LogP contribution in [0.5, 0.6) is 0 Å². The first kappa shape index (κ1) is 22.8. The highest BCUT2D eigenvalue weighted by Gasteiger charge is 2.31. The zero-order valence-corrected chi connectivity index (χ0v) is 19.7. The number of aromatic carboxylic acids is 1. The van der Waals surface area contributed by atoms with Gasteiger partial charge in [0.1, 0.15) is 5.82 Å². The van der Waals surface area contributed by atoms with Crippen molar-refractivity contribution in [2.24, 2.45) is 0 Å². The molecule has 3 rings (SSSR count). The molecule has 0 bridgehead atoms. The molecular formula is C22H20BrCl2FN2O2. The largest absolute Gasteiger partial charge is 0.476 e. The van der Waals surface area contributed by atoms with Crippen LogP contribution in [0.3, 0.4) is 0 Å². The maximum Gasteiger partial charge on any atom is 0.356 e. The number of imidazole rings is 1. The van der Waals surface area contributed by atoms with Crippen molar-refractivity contribution in [1.82, 2.24) is 9.55 Å². The summed E-state index contributed by atoms with van der Waals surface area (Å²) in [6.45, 7) is 5.77. The van der Waals surface area contributed by atoms with E-state index < -0.39 is 17.7 Å². The molecular weight excluding hydrogens is 494 g/mol. The number of hydrogen-bond acceptors (Lipinski definition) is 2. The molecule has 0 saturated heterocycles. The minimum absolute atomic E-state index is 0.0242. The summed E-state index contributed by atoms with van der Waals surface area (Å²) in [5.41, 5.74) is 2.53. The van der Waals surface area contributed by atoms with Crippen LogP contribution in [-0.2, 0) is 6.42 Å². The minimum atomic E-state index is -1.15. The molecule has 30 heavy (non-hydrogen) atoms. The summed E-state index contributed by atoms with van der Waals surface area (Å²) in [6.07, 6.45) is 0.208. The van der Waals surface area contributed by atoms with Crippen molar-refractivity contribution in [3.8, 4) is 0 Å². The van der Waals surface area contributed by atoms with Gasteiger partial charge in [-0.3, -0.25) is 0 Å². The standard InChI is InChI=1S/C22H20BrCl2FN2O2/c1-11(2)28-20(19(21(29)30)27-22(28)23)16(15-8-7-14(24)9-12(15)3)10-13-5-4-6-17(25)18(13)26/h4-9,11,16H,10H2,1-3H3,(H,29,30). The molecule has 0 fully saturated rings. The van der Waals surface area contributed by atoms with E-state index in [-0.39, 0.29) is 23.2 Å². The number of carboxylic acid groups (broad SMARTS) is 1. The zero-order valence-electron chi connectivity index (χ0n) is 16.6. The first-order chi connectivity index (χ1) is 14.1. The second-order valence-corrected chi connectivity index (χ2v) is 8.91. The van der Waals surface area contributed by atoms with Gasteiger partial charge in [0, 0.05) is 17.0 Å².